The lowest BCUT2D eigenvalue weighted by molar-refractivity contribution is -0.131. The molecule has 1 aliphatic rings. The van der Waals surface area contributed by atoms with Crippen LogP contribution in [0.3, 0.4) is 0 Å². The minimum atomic E-state index is -0.328. The largest absolute Gasteiger partial charge is 0.361 e. The van der Waals surface area contributed by atoms with Gasteiger partial charge in [-0.25, -0.2) is 5.48 Å². The standard InChI is InChI=1S/C33H32N6O5/c1-20-16-29(39(2)37-20)33(43)35-25-8-5-7-22(17-25)31(41)23-12-15-26-27(32(42)36-28(26)18-23)19-34-24-13-10-21(11-14-24)6-4-9-30(40)38-44-3/h5,7-8,10-19,34H,4,6,9H2,1-3H3,(H,35,43)(H,36,42)(H,38,40)/b27-19-. The van der Waals surface area contributed by atoms with E-state index >= 15 is 0 Å². The number of amides is 3. The fourth-order valence-electron chi connectivity index (χ4n) is 4.94. The minimum Gasteiger partial charge on any atom is -0.361 e. The molecule has 11 nitrogen and oxygen atoms in total. The normalized spacial score (nSPS) is 12.9. The van der Waals surface area contributed by atoms with Crippen LogP contribution >= 0.6 is 0 Å². The molecule has 0 bridgehead atoms. The van der Waals surface area contributed by atoms with Crippen molar-refractivity contribution < 1.29 is 24.0 Å². The lowest BCUT2D eigenvalue weighted by Gasteiger charge is -2.08. The number of nitrogens with one attached hydrogen (secondary N) is 4. The van der Waals surface area contributed by atoms with E-state index in [1.54, 1.807) is 61.8 Å². The Hall–Kier alpha value is -5.55. The average molecular weight is 593 g/mol. The second kappa shape index (κ2) is 13.2. The van der Waals surface area contributed by atoms with Crippen molar-refractivity contribution in [3.63, 3.8) is 0 Å². The quantitative estimate of drug-likeness (QED) is 0.113. The zero-order valence-electron chi connectivity index (χ0n) is 24.6. The molecule has 1 aliphatic heterocycles. The maximum Gasteiger partial charge on any atom is 0.273 e. The van der Waals surface area contributed by atoms with Crippen molar-refractivity contribution in [1.82, 2.24) is 15.3 Å². The summed E-state index contributed by atoms with van der Waals surface area (Å²) in [5.74, 6) is -1.01. The number of hydrogen-bond acceptors (Lipinski definition) is 7. The Morgan fingerprint density at radius 1 is 0.977 bits per heavy atom. The van der Waals surface area contributed by atoms with Gasteiger partial charge in [-0.1, -0.05) is 36.4 Å². The fraction of sp³-hybridized carbons (Fsp3) is 0.182. The van der Waals surface area contributed by atoms with Crippen LogP contribution in [0.5, 0.6) is 0 Å². The van der Waals surface area contributed by atoms with E-state index < -0.39 is 0 Å². The van der Waals surface area contributed by atoms with Crippen molar-refractivity contribution in [3.05, 3.63) is 113 Å². The number of aromatic nitrogens is 2. The molecule has 5 rings (SSSR count). The van der Waals surface area contributed by atoms with Crippen LogP contribution in [-0.2, 0) is 27.9 Å². The highest BCUT2D eigenvalue weighted by molar-refractivity contribution is 6.32. The first-order chi connectivity index (χ1) is 21.2. The molecule has 0 radical (unpaired) electrons. The number of ketones is 1. The summed E-state index contributed by atoms with van der Waals surface area (Å²) >= 11 is 0. The third-order valence-corrected chi connectivity index (χ3v) is 7.10. The number of fused-ring (bicyclic) bond motifs is 1. The fourth-order valence-corrected chi connectivity index (χ4v) is 4.94. The summed E-state index contributed by atoms with van der Waals surface area (Å²) in [5.41, 5.74) is 8.28. The van der Waals surface area contributed by atoms with Crippen molar-refractivity contribution in [1.29, 1.82) is 0 Å². The zero-order chi connectivity index (χ0) is 31.2. The van der Waals surface area contributed by atoms with Gasteiger partial charge in [-0.2, -0.15) is 5.10 Å². The molecule has 4 aromatic rings. The number of rotatable bonds is 11. The van der Waals surface area contributed by atoms with E-state index in [4.69, 9.17) is 0 Å². The molecule has 0 spiro atoms. The Morgan fingerprint density at radius 2 is 1.75 bits per heavy atom. The minimum absolute atomic E-state index is 0.157. The van der Waals surface area contributed by atoms with E-state index in [0.717, 1.165) is 23.4 Å². The van der Waals surface area contributed by atoms with Crippen LogP contribution in [0.4, 0.5) is 17.1 Å². The molecule has 224 valence electrons. The highest BCUT2D eigenvalue weighted by Gasteiger charge is 2.25. The summed E-state index contributed by atoms with van der Waals surface area (Å²) in [6.07, 6.45) is 3.46. The van der Waals surface area contributed by atoms with E-state index in [1.165, 1.54) is 11.8 Å². The van der Waals surface area contributed by atoms with Crippen LogP contribution in [0.25, 0.3) is 5.57 Å². The van der Waals surface area contributed by atoms with Gasteiger partial charge >= 0.3 is 0 Å². The number of carbonyl (C=O) groups excluding carboxylic acids is 4. The third kappa shape index (κ3) is 6.90. The summed E-state index contributed by atoms with van der Waals surface area (Å²) < 4.78 is 1.50. The number of hydroxylamine groups is 1. The van der Waals surface area contributed by atoms with Crippen LogP contribution in [0, 0.1) is 6.92 Å². The summed E-state index contributed by atoms with van der Waals surface area (Å²) in [5, 5.41) is 13.0. The van der Waals surface area contributed by atoms with E-state index in [9.17, 15) is 19.2 Å². The first kappa shape index (κ1) is 29.9. The van der Waals surface area contributed by atoms with Gasteiger partial charge in [0.25, 0.3) is 11.8 Å². The summed E-state index contributed by atoms with van der Waals surface area (Å²) in [4.78, 5) is 54.9. The molecule has 3 amide bonds. The topological polar surface area (TPSA) is 143 Å². The van der Waals surface area contributed by atoms with E-state index in [2.05, 4.69) is 31.4 Å². The Bertz CT molecular complexity index is 1770. The molecule has 44 heavy (non-hydrogen) atoms. The maximum absolute atomic E-state index is 13.3. The van der Waals surface area contributed by atoms with Gasteiger partial charge in [0.1, 0.15) is 5.69 Å². The van der Waals surface area contributed by atoms with Gasteiger partial charge < -0.3 is 16.0 Å². The molecule has 4 N–H and O–H groups in total. The second-order valence-electron chi connectivity index (χ2n) is 10.4. The third-order valence-electron chi connectivity index (χ3n) is 7.10. The number of carbonyl (C=O) groups is 4. The Balaban J connectivity index is 1.23. The van der Waals surface area contributed by atoms with Crippen molar-refractivity contribution in [3.8, 4) is 0 Å². The van der Waals surface area contributed by atoms with Crippen molar-refractivity contribution in [2.24, 2.45) is 7.05 Å². The van der Waals surface area contributed by atoms with E-state index in [1.807, 2.05) is 31.2 Å². The van der Waals surface area contributed by atoms with Crippen LogP contribution in [-0.4, -0.2) is 40.4 Å². The number of aryl methyl sites for hydroxylation is 3. The number of nitrogens with zero attached hydrogens (tertiary/aromatic N) is 2. The van der Waals surface area contributed by atoms with Gasteiger partial charge in [-0.15, -0.1) is 0 Å². The summed E-state index contributed by atoms with van der Waals surface area (Å²) in [6.45, 7) is 1.81. The van der Waals surface area contributed by atoms with Crippen LogP contribution in [0.2, 0.25) is 0 Å². The first-order valence-corrected chi connectivity index (χ1v) is 14.0. The predicted molar refractivity (Wildman–Crippen MR) is 167 cm³/mol. The maximum atomic E-state index is 13.3. The van der Waals surface area contributed by atoms with Gasteiger partial charge in [0.05, 0.1) is 18.4 Å². The molecule has 0 fully saturated rings. The van der Waals surface area contributed by atoms with Crippen LogP contribution in [0.15, 0.2) is 79.0 Å². The van der Waals surface area contributed by atoms with Crippen molar-refractivity contribution >= 4 is 46.1 Å². The highest BCUT2D eigenvalue weighted by Crippen LogP contribution is 2.33. The molecule has 0 aliphatic carbocycles. The SMILES string of the molecule is CONC(=O)CCCc1ccc(N/C=C2\C(=O)Nc3cc(C(=O)c4cccc(NC(=O)c5cc(C)nn5C)c4)ccc32)cc1. The van der Waals surface area contributed by atoms with Crippen molar-refractivity contribution in [2.75, 3.05) is 23.1 Å². The molecule has 1 aromatic heterocycles. The summed E-state index contributed by atoms with van der Waals surface area (Å²) in [6, 6.07) is 21.2. The molecule has 2 heterocycles. The van der Waals surface area contributed by atoms with E-state index in [0.29, 0.717) is 52.2 Å². The summed E-state index contributed by atoms with van der Waals surface area (Å²) in [7, 11) is 3.10. The Labute approximate surface area is 254 Å². The monoisotopic (exact) mass is 592 g/mol. The van der Waals surface area contributed by atoms with Crippen LogP contribution < -0.4 is 21.4 Å². The lowest BCUT2D eigenvalue weighted by Crippen LogP contribution is -2.21. The van der Waals surface area contributed by atoms with Gasteiger partial charge in [-0.05, 0) is 61.7 Å². The highest BCUT2D eigenvalue weighted by atomic mass is 16.6. The Morgan fingerprint density at radius 3 is 2.48 bits per heavy atom. The molecule has 0 unspecified atom stereocenters. The lowest BCUT2D eigenvalue weighted by atomic mass is 9.99. The van der Waals surface area contributed by atoms with E-state index in [-0.39, 0.29) is 23.5 Å². The Kier molecular flexibility index (Phi) is 8.96. The molecular formula is C33H32N6O5. The van der Waals surface area contributed by atoms with Gasteiger partial charge in [0.15, 0.2) is 5.78 Å². The predicted octanol–water partition coefficient (Wildman–Crippen LogP) is 4.62. The average Bonchev–Trinajstić information content (AvgIpc) is 3.52. The molecule has 11 heteroatoms. The number of hydrogen-bond donors (Lipinski definition) is 4. The molecule has 0 saturated heterocycles. The number of anilines is 3. The van der Waals surface area contributed by atoms with Gasteiger partial charge in [-0.3, -0.25) is 28.7 Å². The second-order valence-corrected chi connectivity index (χ2v) is 10.4. The number of benzene rings is 3. The van der Waals surface area contributed by atoms with Crippen molar-refractivity contribution in [2.45, 2.75) is 26.2 Å². The smallest absolute Gasteiger partial charge is 0.273 e. The molecule has 0 saturated carbocycles. The first-order valence-electron chi connectivity index (χ1n) is 14.0. The van der Waals surface area contributed by atoms with Gasteiger partial charge in [0.2, 0.25) is 5.91 Å². The molecule has 0 atom stereocenters. The van der Waals surface area contributed by atoms with Crippen LogP contribution in [0.1, 0.15) is 56.1 Å². The molecular weight excluding hydrogens is 560 g/mol. The van der Waals surface area contributed by atoms with Gasteiger partial charge in [0, 0.05) is 53.4 Å². The zero-order valence-corrected chi connectivity index (χ0v) is 24.6. The molecule has 3 aromatic carbocycles.